The first-order valence-corrected chi connectivity index (χ1v) is 18.8. The number of benzene rings is 9. The molecule has 3 heteroatoms. The molecule has 248 valence electrons. The average Bonchev–Trinajstić information content (AvgIpc) is 3.81. The molecule has 0 aliphatic heterocycles. The van der Waals surface area contributed by atoms with Crippen molar-refractivity contribution in [3.05, 3.63) is 188 Å². The predicted octanol–water partition coefficient (Wildman–Crippen LogP) is 15.1. The zero-order valence-electron chi connectivity index (χ0n) is 28.7. The Morgan fingerprint density at radius 1 is 0.377 bits per heavy atom. The van der Waals surface area contributed by atoms with E-state index in [0.717, 1.165) is 50.0 Å². The second kappa shape index (κ2) is 11.9. The normalized spacial score (nSPS) is 11.8. The predicted molar refractivity (Wildman–Crippen MR) is 227 cm³/mol. The number of furan rings is 1. The molecule has 0 aliphatic rings. The standard InChI is InChI=1S/C50H31NOS/c1-3-13-38-32(10-1)12-7-18-44(38)51(37-29-24-35(25-30-37)40-17-9-21-47-49(40)42-15-5-6-20-46(42)53-47)36-27-22-34(23-28-36)39-16-8-19-45-48(39)43-31-26-33-11-2-4-14-41(33)50(43)52-45/h1-31H. The highest BCUT2D eigenvalue weighted by Crippen LogP contribution is 2.44. The maximum absolute atomic E-state index is 6.52. The van der Waals surface area contributed by atoms with Gasteiger partial charge in [-0.1, -0.05) is 133 Å². The summed E-state index contributed by atoms with van der Waals surface area (Å²) < 4.78 is 9.16. The van der Waals surface area contributed by atoms with Crippen molar-refractivity contribution < 1.29 is 4.42 Å². The Morgan fingerprint density at radius 2 is 0.943 bits per heavy atom. The van der Waals surface area contributed by atoms with Crippen molar-refractivity contribution in [1.82, 2.24) is 0 Å². The first kappa shape index (κ1) is 30.0. The topological polar surface area (TPSA) is 16.4 Å². The zero-order chi connectivity index (χ0) is 34.9. The molecule has 53 heavy (non-hydrogen) atoms. The van der Waals surface area contributed by atoms with E-state index in [-0.39, 0.29) is 0 Å². The number of fused-ring (bicyclic) bond motifs is 9. The Morgan fingerprint density at radius 3 is 1.70 bits per heavy atom. The van der Waals surface area contributed by atoms with Gasteiger partial charge in [0.1, 0.15) is 11.2 Å². The number of hydrogen-bond acceptors (Lipinski definition) is 3. The Kier molecular flexibility index (Phi) is 6.76. The molecule has 2 nitrogen and oxygen atoms in total. The van der Waals surface area contributed by atoms with Crippen LogP contribution in [0.4, 0.5) is 17.1 Å². The van der Waals surface area contributed by atoms with Crippen LogP contribution >= 0.6 is 11.3 Å². The van der Waals surface area contributed by atoms with Crippen molar-refractivity contribution in [3.63, 3.8) is 0 Å². The number of anilines is 3. The molecule has 11 aromatic rings. The van der Waals surface area contributed by atoms with Gasteiger partial charge in [-0.3, -0.25) is 0 Å². The lowest BCUT2D eigenvalue weighted by molar-refractivity contribution is 0.673. The molecular weight excluding hydrogens is 663 g/mol. The van der Waals surface area contributed by atoms with E-state index in [1.807, 2.05) is 11.3 Å². The van der Waals surface area contributed by atoms with Crippen molar-refractivity contribution in [2.45, 2.75) is 0 Å². The van der Waals surface area contributed by atoms with Gasteiger partial charge in [-0.15, -0.1) is 11.3 Å². The van der Waals surface area contributed by atoms with E-state index in [4.69, 9.17) is 4.42 Å². The summed E-state index contributed by atoms with van der Waals surface area (Å²) in [5, 5.41) is 9.68. The van der Waals surface area contributed by atoms with Crippen LogP contribution in [0, 0.1) is 0 Å². The average molecular weight is 694 g/mol. The van der Waals surface area contributed by atoms with Gasteiger partial charge in [-0.2, -0.15) is 0 Å². The van der Waals surface area contributed by atoms with Crippen molar-refractivity contribution >= 4 is 92.1 Å². The van der Waals surface area contributed by atoms with E-state index in [1.165, 1.54) is 53.0 Å². The quantitative estimate of drug-likeness (QED) is 0.178. The van der Waals surface area contributed by atoms with E-state index in [2.05, 4.69) is 193 Å². The molecule has 11 rings (SSSR count). The van der Waals surface area contributed by atoms with Crippen LogP contribution in [0.3, 0.4) is 0 Å². The first-order valence-electron chi connectivity index (χ1n) is 18.0. The van der Waals surface area contributed by atoms with Crippen LogP contribution in [-0.2, 0) is 0 Å². The summed E-state index contributed by atoms with van der Waals surface area (Å²) in [7, 11) is 0. The monoisotopic (exact) mass is 693 g/mol. The number of hydrogen-bond donors (Lipinski definition) is 0. The number of rotatable bonds is 5. The van der Waals surface area contributed by atoms with Crippen molar-refractivity contribution in [2.75, 3.05) is 4.90 Å². The van der Waals surface area contributed by atoms with E-state index < -0.39 is 0 Å². The maximum atomic E-state index is 6.52. The summed E-state index contributed by atoms with van der Waals surface area (Å²) in [4.78, 5) is 2.39. The smallest absolute Gasteiger partial charge is 0.143 e. The highest BCUT2D eigenvalue weighted by Gasteiger charge is 2.19. The zero-order valence-corrected chi connectivity index (χ0v) is 29.5. The van der Waals surface area contributed by atoms with Gasteiger partial charge < -0.3 is 9.32 Å². The molecule has 2 aromatic heterocycles. The first-order chi connectivity index (χ1) is 26.3. The summed E-state index contributed by atoms with van der Waals surface area (Å²) in [6.07, 6.45) is 0. The van der Waals surface area contributed by atoms with Gasteiger partial charge in [-0.25, -0.2) is 0 Å². The van der Waals surface area contributed by atoms with Gasteiger partial charge >= 0.3 is 0 Å². The molecule has 0 saturated heterocycles. The minimum Gasteiger partial charge on any atom is -0.455 e. The van der Waals surface area contributed by atoms with Crippen LogP contribution in [0.25, 0.3) is 85.9 Å². The summed E-state index contributed by atoms with van der Waals surface area (Å²) in [6, 6.07) is 67.9. The Balaban J connectivity index is 1.04. The molecule has 0 radical (unpaired) electrons. The van der Waals surface area contributed by atoms with E-state index >= 15 is 0 Å². The van der Waals surface area contributed by atoms with Crippen molar-refractivity contribution in [3.8, 4) is 22.3 Å². The molecule has 0 amide bonds. The minimum absolute atomic E-state index is 0.904. The van der Waals surface area contributed by atoms with Crippen LogP contribution in [0.5, 0.6) is 0 Å². The van der Waals surface area contributed by atoms with Gasteiger partial charge in [0.25, 0.3) is 0 Å². The van der Waals surface area contributed by atoms with Gasteiger partial charge in [-0.05, 0) is 87.6 Å². The molecule has 0 spiro atoms. The van der Waals surface area contributed by atoms with E-state index in [9.17, 15) is 0 Å². The van der Waals surface area contributed by atoms with Gasteiger partial charge in [0.15, 0.2) is 0 Å². The minimum atomic E-state index is 0.904. The summed E-state index contributed by atoms with van der Waals surface area (Å²) in [5.74, 6) is 0. The van der Waals surface area contributed by atoms with Gasteiger partial charge in [0, 0.05) is 53.1 Å². The van der Waals surface area contributed by atoms with Crippen LogP contribution in [0.2, 0.25) is 0 Å². The number of thiophene rings is 1. The lowest BCUT2D eigenvalue weighted by Crippen LogP contribution is -2.10. The fourth-order valence-corrected chi connectivity index (χ4v) is 9.35. The molecule has 0 unspecified atom stereocenters. The van der Waals surface area contributed by atoms with Crippen LogP contribution in [-0.4, -0.2) is 0 Å². The molecule has 0 aliphatic carbocycles. The Bertz CT molecular complexity index is 3160. The second-order valence-corrected chi connectivity index (χ2v) is 14.7. The highest BCUT2D eigenvalue weighted by molar-refractivity contribution is 7.25. The number of nitrogens with zero attached hydrogens (tertiary/aromatic N) is 1. The fourth-order valence-electron chi connectivity index (χ4n) is 8.22. The third-order valence-electron chi connectivity index (χ3n) is 10.7. The lowest BCUT2D eigenvalue weighted by atomic mass is 9.97. The van der Waals surface area contributed by atoms with Crippen LogP contribution in [0.15, 0.2) is 192 Å². The molecule has 0 N–H and O–H groups in total. The third-order valence-corrected chi connectivity index (χ3v) is 11.8. The van der Waals surface area contributed by atoms with E-state index in [1.54, 1.807) is 0 Å². The molecule has 2 heterocycles. The highest BCUT2D eigenvalue weighted by atomic mass is 32.1. The lowest BCUT2D eigenvalue weighted by Gasteiger charge is -2.27. The van der Waals surface area contributed by atoms with E-state index in [0.29, 0.717) is 0 Å². The van der Waals surface area contributed by atoms with Crippen LogP contribution in [0.1, 0.15) is 0 Å². The summed E-state index contributed by atoms with van der Waals surface area (Å²) in [6.45, 7) is 0. The second-order valence-electron chi connectivity index (χ2n) is 13.6. The summed E-state index contributed by atoms with van der Waals surface area (Å²) in [5.41, 5.74) is 9.99. The molecule has 9 aromatic carbocycles. The molecular formula is C50H31NOS. The molecule has 0 atom stereocenters. The maximum Gasteiger partial charge on any atom is 0.143 e. The summed E-state index contributed by atoms with van der Waals surface area (Å²) >= 11 is 1.86. The fraction of sp³-hybridized carbons (Fsp3) is 0. The van der Waals surface area contributed by atoms with Gasteiger partial charge in [0.05, 0.1) is 5.69 Å². The largest absolute Gasteiger partial charge is 0.455 e. The molecule has 0 fully saturated rings. The van der Waals surface area contributed by atoms with Gasteiger partial charge in [0.2, 0.25) is 0 Å². The molecule has 0 bridgehead atoms. The van der Waals surface area contributed by atoms with Crippen molar-refractivity contribution in [2.24, 2.45) is 0 Å². The van der Waals surface area contributed by atoms with Crippen LogP contribution < -0.4 is 4.90 Å². The third kappa shape index (κ3) is 4.78. The Labute approximate surface area is 310 Å². The molecule has 0 saturated carbocycles. The SMILES string of the molecule is c1ccc2c(N(c3ccc(-c4cccc5oc6c7ccccc7ccc6c45)cc3)c3ccc(-c4cccc5sc6ccccc6c45)cc3)cccc2c1. The van der Waals surface area contributed by atoms with Crippen molar-refractivity contribution in [1.29, 1.82) is 0 Å². The Hall–Kier alpha value is -6.68.